The fourth-order valence-electron chi connectivity index (χ4n) is 5.02. The summed E-state index contributed by atoms with van der Waals surface area (Å²) in [6.45, 7) is 24.7. The van der Waals surface area contributed by atoms with Crippen LogP contribution in [0.15, 0.2) is 0 Å². The molecule has 0 amide bonds. The van der Waals surface area contributed by atoms with E-state index in [0.717, 1.165) is 87.6 Å². The van der Waals surface area contributed by atoms with E-state index < -0.39 is 0 Å². The first-order chi connectivity index (χ1) is 16.5. The van der Waals surface area contributed by atoms with Crippen LogP contribution in [0.25, 0.3) is 0 Å². The van der Waals surface area contributed by atoms with E-state index in [4.69, 9.17) is 30.6 Å². The molecule has 250 valence electrons. The zero-order chi connectivity index (χ0) is 29.3. The molecule has 0 saturated heterocycles. The van der Waals surface area contributed by atoms with Crippen LogP contribution < -0.4 is 0 Å². The molecule has 2 saturated carbocycles. The van der Waals surface area contributed by atoms with Crippen molar-refractivity contribution in [3.8, 4) is 0 Å². The molecule has 2 aliphatic carbocycles. The van der Waals surface area contributed by atoms with E-state index >= 15 is 0 Å². The Kier molecular flexibility index (Phi) is 80.5. The van der Waals surface area contributed by atoms with Crippen molar-refractivity contribution in [1.82, 2.24) is 0 Å². The fourth-order valence-corrected chi connectivity index (χ4v) is 5.02. The second-order valence-corrected chi connectivity index (χ2v) is 9.65. The summed E-state index contributed by atoms with van der Waals surface area (Å²) < 4.78 is 4.63. The summed E-state index contributed by atoms with van der Waals surface area (Å²) in [4.78, 5) is 0. The van der Waals surface area contributed by atoms with E-state index in [0.29, 0.717) is 13.2 Å². The van der Waals surface area contributed by atoms with Crippen molar-refractivity contribution in [1.29, 1.82) is 0 Å². The van der Waals surface area contributed by atoms with Crippen LogP contribution in [0.2, 0.25) is 0 Å². The van der Waals surface area contributed by atoms with E-state index in [1.54, 1.807) is 0 Å². The molecule has 0 atom stereocenters. The van der Waals surface area contributed by atoms with Crippen LogP contribution in [0.1, 0.15) is 69.2 Å². The summed E-state index contributed by atoms with van der Waals surface area (Å²) in [5, 5.41) is 44.2. The molecular weight excluding hydrogens is 580 g/mol. The number of aliphatic hydroxyl groups excluding tert-OH is 6. The van der Waals surface area contributed by atoms with Crippen molar-refractivity contribution in [3.05, 3.63) is 22.3 Å². The van der Waals surface area contributed by atoms with E-state index in [1.807, 2.05) is 0 Å². The molecule has 9 heteroatoms. The maximum atomic E-state index is 8.09. The molecule has 2 fully saturated rings. The number of ether oxygens (including phenoxy) is 1. The second-order valence-electron chi connectivity index (χ2n) is 9.65. The van der Waals surface area contributed by atoms with Crippen molar-refractivity contribution >= 4 is 0 Å². The Morgan fingerprint density at radius 3 is 0.550 bits per heavy atom. The van der Waals surface area contributed by atoms with Gasteiger partial charge in [0, 0.05) is 50.2 Å². The minimum atomic E-state index is 0. The predicted molar refractivity (Wildman–Crippen MR) is 168 cm³/mol. The van der Waals surface area contributed by atoms with Gasteiger partial charge in [-0.3, -0.25) is 0 Å². The van der Waals surface area contributed by atoms with Gasteiger partial charge < -0.3 is 57.7 Å². The molecular formula is C31H75O7Ti2-. The minimum Gasteiger partial charge on any atom is -0.400 e. The van der Waals surface area contributed by atoms with Crippen molar-refractivity contribution < 1.29 is 78.8 Å². The SMILES string of the molecule is CC1C(C)C(C)C(C)C1C.CC1C(C)C(C)C(C)C1C.CO.CO.CO.CO.OCCOCCO.[CH3-].[CH3-].[CH3-].[Ti+2].[Ti]. The Morgan fingerprint density at radius 2 is 0.475 bits per heavy atom. The van der Waals surface area contributed by atoms with Gasteiger partial charge in [0.2, 0.25) is 0 Å². The first kappa shape index (κ1) is 68.4. The maximum absolute atomic E-state index is 8.09. The van der Waals surface area contributed by atoms with Crippen LogP contribution in [0.5, 0.6) is 0 Å². The van der Waals surface area contributed by atoms with Gasteiger partial charge in [-0.1, -0.05) is 69.2 Å². The monoisotopic (exact) mass is 655 g/mol. The molecule has 2 aliphatic rings. The average molecular weight is 656 g/mol. The first-order valence-corrected chi connectivity index (χ1v) is 13.1. The van der Waals surface area contributed by atoms with Crippen molar-refractivity contribution in [2.24, 2.45) is 59.2 Å². The molecule has 0 aliphatic heterocycles. The number of hydrogen-bond acceptors (Lipinski definition) is 7. The van der Waals surface area contributed by atoms with Gasteiger partial charge in [-0.2, -0.15) is 0 Å². The molecule has 0 aromatic heterocycles. The third-order valence-corrected chi connectivity index (χ3v) is 8.76. The molecule has 0 heterocycles. The molecule has 0 bridgehead atoms. The molecule has 0 unspecified atom stereocenters. The Bertz CT molecular complexity index is 273. The zero-order valence-corrected chi connectivity index (χ0v) is 32.8. The Balaban J connectivity index is -0.0000000358. The third kappa shape index (κ3) is 28.0. The van der Waals surface area contributed by atoms with Gasteiger partial charge in [0.25, 0.3) is 0 Å². The van der Waals surface area contributed by atoms with Gasteiger partial charge in [-0.15, -0.1) is 0 Å². The van der Waals surface area contributed by atoms with Gasteiger partial charge in [0.15, 0.2) is 0 Å². The third-order valence-electron chi connectivity index (χ3n) is 8.76. The Hall–Kier alpha value is 1.15. The van der Waals surface area contributed by atoms with Gasteiger partial charge >= 0.3 is 21.7 Å². The second kappa shape index (κ2) is 47.1. The number of rotatable bonds is 4. The van der Waals surface area contributed by atoms with E-state index in [-0.39, 0.29) is 78.9 Å². The van der Waals surface area contributed by atoms with Gasteiger partial charge in [-0.25, -0.2) is 0 Å². The molecule has 0 aromatic carbocycles. The summed E-state index contributed by atoms with van der Waals surface area (Å²) in [6, 6.07) is 0. The standard InChI is InChI=1S/2C10H20.C4H10O3.4CH4O.3CH3.2Ti/c2*1-6-7(2)9(4)10(5)8(6)3;5-1-3-7-4-2-6;4*1-2;;;;;/h2*6-10H,1-5H3;5-6H,1-4H2;4*2H,1H3;3*1H3;;/q;;;;;;;3*-1;;+2. The topological polar surface area (TPSA) is 131 Å². The predicted octanol–water partition coefficient (Wildman–Crippen LogP) is 5.13. The van der Waals surface area contributed by atoms with E-state index in [9.17, 15) is 0 Å². The van der Waals surface area contributed by atoms with Crippen LogP contribution in [0.3, 0.4) is 0 Å². The van der Waals surface area contributed by atoms with Crippen LogP contribution in [0.4, 0.5) is 0 Å². The molecule has 40 heavy (non-hydrogen) atoms. The molecule has 0 radical (unpaired) electrons. The summed E-state index contributed by atoms with van der Waals surface area (Å²) in [6.07, 6.45) is 0. The average Bonchev–Trinajstić information content (AvgIpc) is 3.19. The number of hydrogen-bond donors (Lipinski definition) is 6. The quantitative estimate of drug-likeness (QED) is 0.141. The fraction of sp³-hybridized carbons (Fsp3) is 0.903. The molecule has 6 N–H and O–H groups in total. The Labute approximate surface area is 283 Å². The molecule has 0 spiro atoms. The summed E-state index contributed by atoms with van der Waals surface area (Å²) >= 11 is 0. The molecule has 7 nitrogen and oxygen atoms in total. The minimum absolute atomic E-state index is 0. The zero-order valence-electron chi connectivity index (χ0n) is 29.7. The number of aliphatic hydroxyl groups is 6. The smallest absolute Gasteiger partial charge is 0.400 e. The van der Waals surface area contributed by atoms with Crippen molar-refractivity contribution in [2.45, 2.75) is 69.2 Å². The molecule has 0 aromatic rings. The maximum Gasteiger partial charge on any atom is 2.00 e. The first-order valence-electron chi connectivity index (χ1n) is 13.1. The normalized spacial score (nSPS) is 30.0. The van der Waals surface area contributed by atoms with Gasteiger partial charge in [0.1, 0.15) is 0 Å². The van der Waals surface area contributed by atoms with Crippen LogP contribution >= 0.6 is 0 Å². The van der Waals surface area contributed by atoms with Crippen molar-refractivity contribution in [3.63, 3.8) is 0 Å². The van der Waals surface area contributed by atoms with Crippen LogP contribution in [-0.2, 0) is 48.2 Å². The largest absolute Gasteiger partial charge is 2.00 e. The Morgan fingerprint density at radius 1 is 0.375 bits per heavy atom. The van der Waals surface area contributed by atoms with E-state index in [1.165, 1.54) is 0 Å². The van der Waals surface area contributed by atoms with Crippen LogP contribution in [0, 0.1) is 81.5 Å². The van der Waals surface area contributed by atoms with Gasteiger partial charge in [0.05, 0.1) is 26.4 Å². The summed E-state index contributed by atoms with van der Waals surface area (Å²) in [5.74, 6) is 9.35. The summed E-state index contributed by atoms with van der Waals surface area (Å²) in [5.41, 5.74) is 0. The summed E-state index contributed by atoms with van der Waals surface area (Å²) in [7, 11) is 4.00. The van der Waals surface area contributed by atoms with Crippen LogP contribution in [-0.4, -0.2) is 85.5 Å². The molecule has 2 rings (SSSR count). The van der Waals surface area contributed by atoms with Crippen molar-refractivity contribution in [2.75, 3.05) is 54.9 Å². The van der Waals surface area contributed by atoms with E-state index in [2.05, 4.69) is 74.0 Å². The van der Waals surface area contributed by atoms with Gasteiger partial charge in [-0.05, 0) is 59.2 Å².